The largest absolute Gasteiger partial charge is 0.138 e. The third kappa shape index (κ3) is 5.13. The molecular weight excluding hydrogens is 320 g/mol. The van der Waals surface area contributed by atoms with Gasteiger partial charge in [0.2, 0.25) is 0 Å². The standard InChI is InChI=1S/C22H34Si2/c1-7-23(8-2,9-3)19-17-21-15-13-14-16-22(21)18-20-24(10-4,11-5)12-6/h13-16H,7-12H2,1-6H3. The quantitative estimate of drug-likeness (QED) is 0.405. The smallest absolute Gasteiger partial charge is 0.126 e. The molecule has 0 aromatic heterocycles. The molecule has 0 atom stereocenters. The van der Waals surface area contributed by atoms with Gasteiger partial charge in [-0.2, -0.15) is 0 Å². The first-order valence-corrected chi connectivity index (χ1v) is 14.9. The van der Waals surface area contributed by atoms with Gasteiger partial charge in [-0.15, -0.1) is 11.1 Å². The average molecular weight is 355 g/mol. The third-order valence-electron chi connectivity index (χ3n) is 5.91. The summed E-state index contributed by atoms with van der Waals surface area (Å²) in [4.78, 5) is 0. The van der Waals surface area contributed by atoms with Crippen LogP contribution in [0.1, 0.15) is 52.7 Å². The van der Waals surface area contributed by atoms with Crippen LogP contribution in [0.25, 0.3) is 0 Å². The molecule has 130 valence electrons. The zero-order valence-electron chi connectivity index (χ0n) is 16.6. The van der Waals surface area contributed by atoms with Gasteiger partial charge in [-0.3, -0.25) is 0 Å². The van der Waals surface area contributed by atoms with Crippen molar-refractivity contribution in [1.29, 1.82) is 0 Å². The summed E-state index contributed by atoms with van der Waals surface area (Å²) in [6.07, 6.45) is 0. The molecule has 0 nitrogen and oxygen atoms in total. The summed E-state index contributed by atoms with van der Waals surface area (Å²) in [6.45, 7) is 13.9. The average Bonchev–Trinajstić information content (AvgIpc) is 2.66. The van der Waals surface area contributed by atoms with Crippen LogP contribution in [0.3, 0.4) is 0 Å². The predicted molar refractivity (Wildman–Crippen MR) is 115 cm³/mol. The summed E-state index contributed by atoms with van der Waals surface area (Å²) in [5.74, 6) is 7.04. The van der Waals surface area contributed by atoms with Gasteiger partial charge in [0.15, 0.2) is 0 Å². The topological polar surface area (TPSA) is 0 Å². The molecule has 0 unspecified atom stereocenters. The maximum Gasteiger partial charge on any atom is 0.138 e. The highest BCUT2D eigenvalue weighted by Gasteiger charge is 2.25. The van der Waals surface area contributed by atoms with E-state index < -0.39 is 16.1 Å². The molecule has 0 amide bonds. The van der Waals surface area contributed by atoms with E-state index >= 15 is 0 Å². The van der Waals surface area contributed by atoms with Crippen molar-refractivity contribution >= 4 is 16.1 Å². The Labute approximate surface area is 152 Å². The minimum absolute atomic E-state index is 1.13. The van der Waals surface area contributed by atoms with Crippen molar-refractivity contribution in [3.8, 4) is 22.9 Å². The monoisotopic (exact) mass is 354 g/mol. The van der Waals surface area contributed by atoms with Crippen LogP contribution in [-0.2, 0) is 0 Å². The van der Waals surface area contributed by atoms with E-state index in [1.165, 1.54) is 36.3 Å². The number of hydrogen-bond donors (Lipinski definition) is 0. The highest BCUT2D eigenvalue weighted by molar-refractivity contribution is 6.87. The normalized spacial score (nSPS) is 11.2. The van der Waals surface area contributed by atoms with E-state index in [0.717, 1.165) is 11.1 Å². The second-order valence-corrected chi connectivity index (χ2v) is 16.6. The number of hydrogen-bond acceptors (Lipinski definition) is 0. The van der Waals surface area contributed by atoms with Crippen LogP contribution in [0.4, 0.5) is 0 Å². The summed E-state index contributed by atoms with van der Waals surface area (Å²) in [6, 6.07) is 16.0. The van der Waals surface area contributed by atoms with Crippen molar-refractivity contribution in [3.05, 3.63) is 35.4 Å². The SMILES string of the molecule is CC[Si](C#Cc1ccccc1C#C[Si](CC)(CC)CC)(CC)CC. The first-order valence-electron chi connectivity index (χ1n) is 9.69. The van der Waals surface area contributed by atoms with E-state index in [-0.39, 0.29) is 0 Å². The van der Waals surface area contributed by atoms with E-state index in [1.807, 2.05) is 0 Å². The van der Waals surface area contributed by atoms with Gasteiger partial charge in [-0.1, -0.05) is 65.5 Å². The molecule has 0 heterocycles. The van der Waals surface area contributed by atoms with Crippen LogP contribution in [0.5, 0.6) is 0 Å². The van der Waals surface area contributed by atoms with Gasteiger partial charge in [0.1, 0.15) is 16.1 Å². The zero-order chi connectivity index (χ0) is 18.1. The van der Waals surface area contributed by atoms with E-state index in [2.05, 4.69) is 88.7 Å². The number of rotatable bonds is 6. The highest BCUT2D eigenvalue weighted by atomic mass is 28.3. The lowest BCUT2D eigenvalue weighted by Gasteiger charge is -2.20. The Kier molecular flexibility index (Phi) is 8.61. The molecule has 0 aliphatic rings. The van der Waals surface area contributed by atoms with Crippen molar-refractivity contribution < 1.29 is 0 Å². The zero-order valence-corrected chi connectivity index (χ0v) is 18.6. The molecule has 1 rings (SSSR count). The fraction of sp³-hybridized carbons (Fsp3) is 0.545. The molecule has 0 bridgehead atoms. The maximum absolute atomic E-state index is 3.71. The van der Waals surface area contributed by atoms with Crippen molar-refractivity contribution in [2.45, 2.75) is 77.8 Å². The third-order valence-corrected chi connectivity index (χ3v) is 15.3. The van der Waals surface area contributed by atoms with Crippen LogP contribution in [0, 0.1) is 22.9 Å². The molecule has 0 N–H and O–H groups in total. The van der Waals surface area contributed by atoms with Crippen LogP contribution < -0.4 is 0 Å². The summed E-state index contributed by atoms with van der Waals surface area (Å²) in [5.41, 5.74) is 9.68. The van der Waals surface area contributed by atoms with E-state index in [4.69, 9.17) is 0 Å². The van der Waals surface area contributed by atoms with Gasteiger partial charge in [0.25, 0.3) is 0 Å². The Balaban J connectivity index is 3.25. The molecule has 0 aliphatic carbocycles. The molecule has 0 spiro atoms. The maximum atomic E-state index is 3.71. The van der Waals surface area contributed by atoms with Gasteiger partial charge < -0.3 is 0 Å². The lowest BCUT2D eigenvalue weighted by molar-refractivity contribution is 1.20. The summed E-state index contributed by atoms with van der Waals surface area (Å²) in [5, 5.41) is 0. The summed E-state index contributed by atoms with van der Waals surface area (Å²) < 4.78 is 0. The molecular formula is C22H34Si2. The Hall–Kier alpha value is -1.23. The molecule has 1 aromatic rings. The lowest BCUT2D eigenvalue weighted by atomic mass is 10.1. The molecule has 0 saturated carbocycles. The number of benzene rings is 1. The first kappa shape index (κ1) is 20.8. The van der Waals surface area contributed by atoms with Gasteiger partial charge in [0, 0.05) is 11.1 Å². The minimum atomic E-state index is -1.40. The minimum Gasteiger partial charge on any atom is -0.126 e. The van der Waals surface area contributed by atoms with Crippen molar-refractivity contribution in [1.82, 2.24) is 0 Å². The van der Waals surface area contributed by atoms with Crippen LogP contribution >= 0.6 is 0 Å². The highest BCUT2D eigenvalue weighted by Crippen LogP contribution is 2.21. The Bertz CT molecular complexity index is 556. The van der Waals surface area contributed by atoms with Crippen LogP contribution in [-0.4, -0.2) is 16.1 Å². The second-order valence-electron chi connectivity index (χ2n) is 6.73. The fourth-order valence-electron chi connectivity index (χ4n) is 3.13. The molecule has 2 heteroatoms. The summed E-state index contributed by atoms with van der Waals surface area (Å²) in [7, 11) is -2.81. The van der Waals surface area contributed by atoms with Crippen molar-refractivity contribution in [2.75, 3.05) is 0 Å². The Morgan fingerprint density at radius 1 is 0.583 bits per heavy atom. The molecule has 24 heavy (non-hydrogen) atoms. The van der Waals surface area contributed by atoms with E-state index in [1.54, 1.807) is 0 Å². The summed E-state index contributed by atoms with van der Waals surface area (Å²) >= 11 is 0. The molecule has 0 radical (unpaired) electrons. The Morgan fingerprint density at radius 3 is 1.12 bits per heavy atom. The first-order chi connectivity index (χ1) is 11.5. The second kappa shape index (κ2) is 9.92. The van der Waals surface area contributed by atoms with Gasteiger partial charge in [-0.25, -0.2) is 0 Å². The molecule has 1 aromatic carbocycles. The van der Waals surface area contributed by atoms with Gasteiger partial charge in [-0.05, 0) is 48.4 Å². The fourth-order valence-corrected chi connectivity index (χ4v) is 7.99. The predicted octanol–water partition coefficient (Wildman–Crippen LogP) is 6.49. The van der Waals surface area contributed by atoms with E-state index in [0.29, 0.717) is 0 Å². The molecule has 0 fully saturated rings. The van der Waals surface area contributed by atoms with Gasteiger partial charge in [0.05, 0.1) is 0 Å². The molecule has 0 saturated heterocycles. The van der Waals surface area contributed by atoms with Crippen LogP contribution in [0.15, 0.2) is 24.3 Å². The van der Waals surface area contributed by atoms with Gasteiger partial charge >= 0.3 is 0 Å². The van der Waals surface area contributed by atoms with E-state index in [9.17, 15) is 0 Å². The van der Waals surface area contributed by atoms with Crippen LogP contribution in [0.2, 0.25) is 36.3 Å². The Morgan fingerprint density at radius 2 is 0.875 bits per heavy atom. The lowest BCUT2D eigenvalue weighted by Crippen LogP contribution is -2.29. The van der Waals surface area contributed by atoms with Crippen molar-refractivity contribution in [3.63, 3.8) is 0 Å². The molecule has 0 aliphatic heterocycles. The van der Waals surface area contributed by atoms with Crippen molar-refractivity contribution in [2.24, 2.45) is 0 Å².